The Morgan fingerprint density at radius 2 is 2.26 bits per heavy atom. The fraction of sp³-hybridized carbons (Fsp3) is 0.588. The van der Waals surface area contributed by atoms with E-state index in [9.17, 15) is 9.90 Å². The molecule has 0 aliphatic carbocycles. The second-order valence-corrected chi connectivity index (χ2v) is 6.67. The number of likely N-dealkylation sites (tertiary alicyclic amines) is 1. The van der Waals surface area contributed by atoms with Gasteiger partial charge in [0.15, 0.2) is 5.65 Å². The summed E-state index contributed by atoms with van der Waals surface area (Å²) in [5.41, 5.74) is 2.25. The molecule has 1 aliphatic rings. The van der Waals surface area contributed by atoms with Crippen LogP contribution < -0.4 is 0 Å². The fourth-order valence-corrected chi connectivity index (χ4v) is 3.27. The zero-order valence-corrected chi connectivity index (χ0v) is 14.0. The highest BCUT2D eigenvalue weighted by Gasteiger charge is 2.26. The molecule has 124 valence electrons. The van der Waals surface area contributed by atoms with Crippen LogP contribution in [0.5, 0.6) is 0 Å². The number of carbonyl (C=O) groups excluding carboxylic acids is 1. The molecular formula is C17H24N4O2. The monoisotopic (exact) mass is 316 g/mol. The van der Waals surface area contributed by atoms with E-state index in [0.29, 0.717) is 12.1 Å². The summed E-state index contributed by atoms with van der Waals surface area (Å²) in [5.74, 6) is 0.200. The third kappa shape index (κ3) is 2.95. The second kappa shape index (κ2) is 6.28. The van der Waals surface area contributed by atoms with Gasteiger partial charge in [-0.05, 0) is 45.6 Å². The van der Waals surface area contributed by atoms with Gasteiger partial charge in [0.05, 0.1) is 17.1 Å². The Kier molecular flexibility index (Phi) is 4.35. The lowest BCUT2D eigenvalue weighted by atomic mass is 9.98. The Labute approximate surface area is 136 Å². The molecule has 6 nitrogen and oxygen atoms in total. The molecule has 1 unspecified atom stereocenters. The number of aliphatic hydroxyl groups is 1. The van der Waals surface area contributed by atoms with Crippen molar-refractivity contribution < 1.29 is 9.90 Å². The Bertz CT molecular complexity index is 723. The molecule has 0 saturated carbocycles. The maximum absolute atomic E-state index is 13.0. The van der Waals surface area contributed by atoms with E-state index in [4.69, 9.17) is 0 Å². The number of hydrogen-bond acceptors (Lipinski definition) is 4. The molecule has 0 radical (unpaired) electrons. The van der Waals surface area contributed by atoms with Crippen LogP contribution in [0.4, 0.5) is 0 Å². The summed E-state index contributed by atoms with van der Waals surface area (Å²) in [4.78, 5) is 19.4. The van der Waals surface area contributed by atoms with Gasteiger partial charge in [0.25, 0.3) is 5.91 Å². The molecular weight excluding hydrogens is 292 g/mol. The molecule has 0 aromatic carbocycles. The fourth-order valence-electron chi connectivity index (χ4n) is 3.27. The number of carbonyl (C=O) groups is 1. The van der Waals surface area contributed by atoms with Crippen LogP contribution in [0, 0.1) is 12.8 Å². The van der Waals surface area contributed by atoms with Crippen LogP contribution in [0.3, 0.4) is 0 Å². The summed E-state index contributed by atoms with van der Waals surface area (Å²) in [5, 5.41) is 14.6. The number of aromatic nitrogens is 3. The molecule has 23 heavy (non-hydrogen) atoms. The molecule has 0 bridgehead atoms. The number of pyridine rings is 1. The maximum Gasteiger partial charge on any atom is 0.254 e. The normalized spacial score (nSPS) is 18.8. The van der Waals surface area contributed by atoms with Crippen LogP contribution in [0.25, 0.3) is 11.0 Å². The minimum Gasteiger partial charge on any atom is -0.396 e. The third-order valence-corrected chi connectivity index (χ3v) is 4.48. The van der Waals surface area contributed by atoms with Crippen molar-refractivity contribution in [3.63, 3.8) is 0 Å². The number of fused-ring (bicyclic) bond motifs is 1. The first-order valence-electron chi connectivity index (χ1n) is 8.26. The molecule has 3 rings (SSSR count). The van der Waals surface area contributed by atoms with Gasteiger partial charge in [0, 0.05) is 31.4 Å². The van der Waals surface area contributed by atoms with Crippen LogP contribution in [-0.2, 0) is 0 Å². The smallest absolute Gasteiger partial charge is 0.254 e. The zero-order chi connectivity index (χ0) is 16.6. The van der Waals surface area contributed by atoms with Crippen molar-refractivity contribution in [1.82, 2.24) is 19.7 Å². The van der Waals surface area contributed by atoms with E-state index in [0.717, 1.165) is 36.1 Å². The standard InChI is InChI=1S/C17H24N4O2/c1-11(2)21-16-15(8-18-21)14(7-12(3)19-16)17(23)20-6-4-5-13(9-20)10-22/h7-8,11,13,22H,4-6,9-10H2,1-3H3. The minimum absolute atomic E-state index is 0.0157. The molecule has 1 atom stereocenters. The van der Waals surface area contributed by atoms with Crippen molar-refractivity contribution >= 4 is 16.9 Å². The summed E-state index contributed by atoms with van der Waals surface area (Å²) < 4.78 is 1.85. The highest BCUT2D eigenvalue weighted by molar-refractivity contribution is 6.05. The number of piperidine rings is 1. The van der Waals surface area contributed by atoms with Gasteiger partial charge in [-0.25, -0.2) is 9.67 Å². The van der Waals surface area contributed by atoms with Crippen LogP contribution in [0.2, 0.25) is 0 Å². The van der Waals surface area contributed by atoms with Crippen molar-refractivity contribution in [1.29, 1.82) is 0 Å². The molecule has 2 aromatic rings. The summed E-state index contributed by atoms with van der Waals surface area (Å²) in [6, 6.07) is 2.04. The van der Waals surface area contributed by atoms with E-state index in [1.54, 1.807) is 6.20 Å². The van der Waals surface area contributed by atoms with Gasteiger partial charge in [-0.15, -0.1) is 0 Å². The number of amides is 1. The average Bonchev–Trinajstić information content (AvgIpc) is 2.97. The molecule has 1 saturated heterocycles. The lowest BCUT2D eigenvalue weighted by Crippen LogP contribution is -2.41. The quantitative estimate of drug-likeness (QED) is 0.942. The third-order valence-electron chi connectivity index (χ3n) is 4.48. The number of aryl methyl sites for hydroxylation is 1. The lowest BCUT2D eigenvalue weighted by molar-refractivity contribution is 0.0622. The van der Waals surface area contributed by atoms with Crippen molar-refractivity contribution in [2.24, 2.45) is 5.92 Å². The number of aliphatic hydroxyl groups excluding tert-OH is 1. The van der Waals surface area contributed by atoms with Gasteiger partial charge in [-0.2, -0.15) is 5.10 Å². The van der Waals surface area contributed by atoms with Crippen molar-refractivity contribution in [2.45, 2.75) is 39.7 Å². The van der Waals surface area contributed by atoms with Gasteiger partial charge < -0.3 is 10.0 Å². The first kappa shape index (κ1) is 15.9. The molecule has 1 fully saturated rings. The molecule has 1 aliphatic heterocycles. The van der Waals surface area contributed by atoms with Gasteiger partial charge in [0.2, 0.25) is 0 Å². The SMILES string of the molecule is Cc1cc(C(=O)N2CCCC(CO)C2)c2cnn(C(C)C)c2n1. The van der Waals surface area contributed by atoms with Gasteiger partial charge in [-0.1, -0.05) is 0 Å². The Morgan fingerprint density at radius 3 is 2.96 bits per heavy atom. The first-order chi connectivity index (χ1) is 11.0. The molecule has 6 heteroatoms. The highest BCUT2D eigenvalue weighted by atomic mass is 16.3. The number of hydrogen-bond donors (Lipinski definition) is 1. The molecule has 1 N–H and O–H groups in total. The largest absolute Gasteiger partial charge is 0.396 e. The molecule has 3 heterocycles. The summed E-state index contributed by atoms with van der Waals surface area (Å²) in [6.45, 7) is 7.51. The van der Waals surface area contributed by atoms with E-state index in [2.05, 4.69) is 23.9 Å². The number of nitrogens with zero attached hydrogens (tertiary/aromatic N) is 4. The Balaban J connectivity index is 2.00. The summed E-state index contributed by atoms with van der Waals surface area (Å²) in [7, 11) is 0. The van der Waals surface area contributed by atoms with Crippen molar-refractivity contribution in [3.05, 3.63) is 23.5 Å². The van der Waals surface area contributed by atoms with E-state index in [1.165, 1.54) is 0 Å². The van der Waals surface area contributed by atoms with Gasteiger partial charge in [-0.3, -0.25) is 4.79 Å². The second-order valence-electron chi connectivity index (χ2n) is 6.67. The highest BCUT2D eigenvalue weighted by Crippen LogP contribution is 2.24. The van der Waals surface area contributed by atoms with E-state index in [1.807, 2.05) is 22.6 Å². The predicted molar refractivity (Wildman–Crippen MR) is 88.4 cm³/mol. The lowest BCUT2D eigenvalue weighted by Gasteiger charge is -2.32. The average molecular weight is 316 g/mol. The van der Waals surface area contributed by atoms with Crippen LogP contribution >= 0.6 is 0 Å². The van der Waals surface area contributed by atoms with E-state index >= 15 is 0 Å². The summed E-state index contributed by atoms with van der Waals surface area (Å²) in [6.07, 6.45) is 3.66. The van der Waals surface area contributed by atoms with Crippen LogP contribution in [0.1, 0.15) is 48.8 Å². The van der Waals surface area contributed by atoms with Gasteiger partial charge in [0.1, 0.15) is 0 Å². The topological polar surface area (TPSA) is 71.2 Å². The minimum atomic E-state index is 0.0157. The van der Waals surface area contributed by atoms with Crippen LogP contribution in [-0.4, -0.2) is 50.4 Å². The van der Waals surface area contributed by atoms with Crippen molar-refractivity contribution in [2.75, 3.05) is 19.7 Å². The molecule has 1 amide bonds. The zero-order valence-electron chi connectivity index (χ0n) is 14.0. The van der Waals surface area contributed by atoms with Crippen molar-refractivity contribution in [3.8, 4) is 0 Å². The summed E-state index contributed by atoms with van der Waals surface area (Å²) >= 11 is 0. The van der Waals surface area contributed by atoms with E-state index in [-0.39, 0.29) is 24.5 Å². The Morgan fingerprint density at radius 1 is 1.48 bits per heavy atom. The van der Waals surface area contributed by atoms with Gasteiger partial charge >= 0.3 is 0 Å². The van der Waals surface area contributed by atoms with E-state index < -0.39 is 0 Å². The first-order valence-corrected chi connectivity index (χ1v) is 8.26. The number of rotatable bonds is 3. The molecule has 2 aromatic heterocycles. The Hall–Kier alpha value is -1.95. The van der Waals surface area contributed by atoms with Crippen LogP contribution in [0.15, 0.2) is 12.3 Å². The molecule has 0 spiro atoms. The predicted octanol–water partition coefficient (Wildman–Crippen LogP) is 2.17. The maximum atomic E-state index is 13.0.